The lowest BCUT2D eigenvalue weighted by molar-refractivity contribution is -0.929. The number of nitrogens with one attached hydrogen (secondary N) is 1. The van der Waals surface area contributed by atoms with Crippen LogP contribution in [0.4, 0.5) is 0 Å². The Balaban J connectivity index is 1.37. The fraction of sp³-hybridized carbons (Fsp3) is 0.214. The maximum absolute atomic E-state index is 13.3. The van der Waals surface area contributed by atoms with E-state index in [0.717, 1.165) is 13.1 Å². The highest BCUT2D eigenvalue weighted by Gasteiger charge is 2.32. The minimum Gasteiger partial charge on any atom is -0.493 e. The molecule has 1 aliphatic heterocycles. The lowest BCUT2D eigenvalue weighted by Gasteiger charge is -2.37. The van der Waals surface area contributed by atoms with Crippen molar-refractivity contribution < 1.29 is 18.8 Å². The molecule has 1 N–H and O–H groups in total. The van der Waals surface area contributed by atoms with Gasteiger partial charge < -0.3 is 19.0 Å². The van der Waals surface area contributed by atoms with Gasteiger partial charge in [0.25, 0.3) is 5.91 Å². The lowest BCUT2D eigenvalue weighted by atomic mass is 9.96. The molecule has 5 rings (SSSR count). The highest BCUT2D eigenvalue weighted by Crippen LogP contribution is 2.25. The number of hydrogen-bond donors (Lipinski definition) is 1. The molecule has 2 heterocycles. The van der Waals surface area contributed by atoms with Gasteiger partial charge in [-0.25, -0.2) is 4.79 Å². The third-order valence-electron chi connectivity index (χ3n) is 6.54. The summed E-state index contributed by atoms with van der Waals surface area (Å²) in [5, 5.41) is 0.666. The lowest BCUT2D eigenvalue weighted by Crippen LogP contribution is -3.15. The first-order valence-electron chi connectivity index (χ1n) is 11.5. The Hall–Kier alpha value is -3.90. The van der Waals surface area contributed by atoms with Gasteiger partial charge in [-0.2, -0.15) is 0 Å². The van der Waals surface area contributed by atoms with Crippen molar-refractivity contribution in [3.8, 4) is 5.75 Å². The summed E-state index contributed by atoms with van der Waals surface area (Å²) in [6.07, 6.45) is 0. The quantitative estimate of drug-likeness (QED) is 0.470. The van der Waals surface area contributed by atoms with E-state index in [1.165, 1.54) is 23.1 Å². The van der Waals surface area contributed by atoms with E-state index in [4.69, 9.17) is 9.15 Å². The number of quaternary nitrogens is 1. The van der Waals surface area contributed by atoms with Crippen LogP contribution >= 0.6 is 0 Å². The number of rotatable bonds is 5. The highest BCUT2D eigenvalue weighted by atomic mass is 16.5. The summed E-state index contributed by atoms with van der Waals surface area (Å²) in [4.78, 5) is 29.1. The van der Waals surface area contributed by atoms with Crippen LogP contribution < -0.4 is 15.3 Å². The van der Waals surface area contributed by atoms with Gasteiger partial charge in [0.2, 0.25) is 0 Å². The molecule has 0 unspecified atom stereocenters. The number of para-hydroxylation sites is 1. The van der Waals surface area contributed by atoms with Crippen LogP contribution in [0.2, 0.25) is 0 Å². The van der Waals surface area contributed by atoms with Crippen molar-refractivity contribution in [2.45, 2.75) is 6.04 Å². The standard InChI is InChI=1S/C28H26N2O4/c1-33-24-14-8-13-22-19-23(28(32)34-26(22)24)27(31)30-17-15-29(16-18-30)25(20-9-4-2-5-10-20)21-11-6-3-7-12-21/h2-14,19,25H,15-18H2,1H3/p+1. The van der Waals surface area contributed by atoms with Gasteiger partial charge in [-0.3, -0.25) is 4.79 Å². The maximum atomic E-state index is 13.3. The average Bonchev–Trinajstić information content (AvgIpc) is 2.89. The first-order valence-corrected chi connectivity index (χ1v) is 11.5. The van der Waals surface area contributed by atoms with Crippen LogP contribution in [0, 0.1) is 0 Å². The number of ether oxygens (including phenoxy) is 1. The normalized spacial score (nSPS) is 14.5. The molecule has 0 bridgehead atoms. The Morgan fingerprint density at radius 3 is 2.12 bits per heavy atom. The number of nitrogens with zero attached hydrogens (tertiary/aromatic N) is 1. The molecule has 3 aromatic carbocycles. The van der Waals surface area contributed by atoms with E-state index in [1.54, 1.807) is 17.0 Å². The van der Waals surface area contributed by atoms with Crippen molar-refractivity contribution in [1.29, 1.82) is 0 Å². The van der Waals surface area contributed by atoms with E-state index in [0.29, 0.717) is 29.8 Å². The van der Waals surface area contributed by atoms with Crippen LogP contribution in [0.3, 0.4) is 0 Å². The zero-order valence-electron chi connectivity index (χ0n) is 19.1. The largest absolute Gasteiger partial charge is 0.493 e. The van der Waals surface area contributed by atoms with E-state index < -0.39 is 5.63 Å². The van der Waals surface area contributed by atoms with Gasteiger partial charge >= 0.3 is 5.63 Å². The van der Waals surface area contributed by atoms with Gasteiger partial charge in [0.1, 0.15) is 11.6 Å². The smallest absolute Gasteiger partial charge is 0.349 e. The molecule has 0 saturated carbocycles. The molecule has 0 atom stereocenters. The Kier molecular flexibility index (Phi) is 6.14. The number of hydrogen-bond acceptors (Lipinski definition) is 4. The Labute approximate surface area is 198 Å². The molecule has 0 spiro atoms. The molecule has 0 radical (unpaired) electrons. The first-order chi connectivity index (χ1) is 16.7. The summed E-state index contributed by atoms with van der Waals surface area (Å²) in [5.41, 5.74) is 2.30. The number of amides is 1. The summed E-state index contributed by atoms with van der Waals surface area (Å²) >= 11 is 0. The molecule has 0 aliphatic carbocycles. The van der Waals surface area contributed by atoms with Crippen molar-refractivity contribution in [2.24, 2.45) is 0 Å². The van der Waals surface area contributed by atoms with Crippen LogP contribution in [0.15, 0.2) is 94.1 Å². The Bertz CT molecular complexity index is 1300. The van der Waals surface area contributed by atoms with Gasteiger partial charge in [0, 0.05) is 16.5 Å². The fourth-order valence-electron chi connectivity index (χ4n) is 4.84. The summed E-state index contributed by atoms with van der Waals surface area (Å²) in [6, 6.07) is 28.1. The minimum atomic E-state index is -0.636. The SMILES string of the molecule is COc1cccc2cc(C(=O)N3CC[NH+](C(c4ccccc4)c4ccccc4)CC3)c(=O)oc12. The summed E-state index contributed by atoms with van der Waals surface area (Å²) in [7, 11) is 1.52. The van der Waals surface area contributed by atoms with Gasteiger partial charge in [-0.15, -0.1) is 0 Å². The molecule has 172 valence electrons. The third-order valence-corrected chi connectivity index (χ3v) is 6.54. The molecule has 1 aromatic heterocycles. The van der Waals surface area contributed by atoms with E-state index in [9.17, 15) is 9.59 Å². The highest BCUT2D eigenvalue weighted by molar-refractivity contribution is 5.97. The van der Waals surface area contributed by atoms with Crippen LogP contribution in [0.5, 0.6) is 5.75 Å². The molecule has 1 fully saturated rings. The van der Waals surface area contributed by atoms with E-state index >= 15 is 0 Å². The zero-order valence-corrected chi connectivity index (χ0v) is 19.1. The number of methoxy groups -OCH3 is 1. The van der Waals surface area contributed by atoms with Crippen LogP contribution in [-0.4, -0.2) is 44.1 Å². The van der Waals surface area contributed by atoms with Crippen molar-refractivity contribution in [3.05, 3.63) is 112 Å². The van der Waals surface area contributed by atoms with Gasteiger partial charge in [0.05, 0.1) is 33.3 Å². The van der Waals surface area contributed by atoms with Crippen molar-refractivity contribution >= 4 is 16.9 Å². The Morgan fingerprint density at radius 1 is 0.912 bits per heavy atom. The summed E-state index contributed by atoms with van der Waals surface area (Å²) in [5.74, 6) is 0.187. The van der Waals surface area contributed by atoms with Crippen molar-refractivity contribution in [2.75, 3.05) is 33.3 Å². The number of carbonyl (C=O) groups is 1. The summed E-state index contributed by atoms with van der Waals surface area (Å²) in [6.45, 7) is 2.71. The predicted molar refractivity (Wildman–Crippen MR) is 130 cm³/mol. The second-order valence-electron chi connectivity index (χ2n) is 8.53. The maximum Gasteiger partial charge on any atom is 0.349 e. The fourth-order valence-corrected chi connectivity index (χ4v) is 4.84. The number of fused-ring (bicyclic) bond motifs is 1. The molecule has 1 aliphatic rings. The molecular weight excluding hydrogens is 428 g/mol. The van der Waals surface area contributed by atoms with Crippen LogP contribution in [-0.2, 0) is 0 Å². The van der Waals surface area contributed by atoms with Crippen molar-refractivity contribution in [1.82, 2.24) is 4.90 Å². The van der Waals surface area contributed by atoms with Crippen LogP contribution in [0.25, 0.3) is 11.0 Å². The van der Waals surface area contributed by atoms with Gasteiger partial charge in [-0.05, 0) is 12.1 Å². The van der Waals surface area contributed by atoms with E-state index in [-0.39, 0.29) is 17.5 Å². The first kappa shape index (κ1) is 21.9. The topological polar surface area (TPSA) is 64.2 Å². The second-order valence-corrected chi connectivity index (χ2v) is 8.53. The monoisotopic (exact) mass is 455 g/mol. The number of carbonyl (C=O) groups excluding carboxylic acids is 1. The summed E-state index contributed by atoms with van der Waals surface area (Å²) < 4.78 is 10.7. The van der Waals surface area contributed by atoms with Gasteiger partial charge in [-0.1, -0.05) is 72.8 Å². The molecule has 34 heavy (non-hydrogen) atoms. The second kappa shape index (κ2) is 9.53. The molecule has 6 nitrogen and oxygen atoms in total. The van der Waals surface area contributed by atoms with E-state index in [1.807, 2.05) is 24.3 Å². The molecular formula is C28H27N2O4+. The molecule has 1 saturated heterocycles. The Morgan fingerprint density at radius 2 is 1.53 bits per heavy atom. The predicted octanol–water partition coefficient (Wildman–Crippen LogP) is 2.93. The van der Waals surface area contributed by atoms with Crippen molar-refractivity contribution in [3.63, 3.8) is 0 Å². The van der Waals surface area contributed by atoms with Gasteiger partial charge in [0.15, 0.2) is 11.3 Å². The molecule has 1 amide bonds. The zero-order chi connectivity index (χ0) is 23.5. The number of piperazine rings is 1. The van der Waals surface area contributed by atoms with E-state index in [2.05, 4.69) is 48.5 Å². The van der Waals surface area contributed by atoms with Crippen LogP contribution in [0.1, 0.15) is 27.5 Å². The molecule has 4 aromatic rings. The molecule has 6 heteroatoms. The number of benzene rings is 3. The average molecular weight is 456 g/mol. The third kappa shape index (κ3) is 4.20. The minimum absolute atomic E-state index is 0.0619.